The van der Waals surface area contributed by atoms with Crippen molar-refractivity contribution in [2.24, 2.45) is 0 Å². The van der Waals surface area contributed by atoms with Crippen LogP contribution in [0.5, 0.6) is 0 Å². The predicted octanol–water partition coefficient (Wildman–Crippen LogP) is 3.34. The molecule has 2 aromatic carbocycles. The molecule has 7 nitrogen and oxygen atoms in total. The SMILES string of the molecule is CC(=O)c1ccc(Nc2ncnc(-n3cnc4ccccc43)c2N)cc1. The Hall–Kier alpha value is -3.74. The fourth-order valence-electron chi connectivity index (χ4n) is 2.73. The van der Waals surface area contributed by atoms with Gasteiger partial charge in [-0.3, -0.25) is 9.36 Å². The average molecular weight is 344 g/mol. The first-order valence-electron chi connectivity index (χ1n) is 8.04. The van der Waals surface area contributed by atoms with Gasteiger partial charge in [-0.15, -0.1) is 0 Å². The van der Waals surface area contributed by atoms with Gasteiger partial charge < -0.3 is 11.1 Å². The molecule has 0 bridgehead atoms. The number of nitrogens with zero attached hydrogens (tertiary/aromatic N) is 4. The van der Waals surface area contributed by atoms with Gasteiger partial charge >= 0.3 is 0 Å². The van der Waals surface area contributed by atoms with Gasteiger partial charge in [-0.2, -0.15) is 0 Å². The molecule has 0 aliphatic carbocycles. The summed E-state index contributed by atoms with van der Waals surface area (Å²) in [6.45, 7) is 1.53. The van der Waals surface area contributed by atoms with Crippen LogP contribution < -0.4 is 11.1 Å². The van der Waals surface area contributed by atoms with E-state index in [0.29, 0.717) is 22.9 Å². The highest BCUT2D eigenvalue weighted by Crippen LogP contribution is 2.27. The normalized spacial score (nSPS) is 10.8. The van der Waals surface area contributed by atoms with Gasteiger partial charge in [0.2, 0.25) is 0 Å². The number of para-hydroxylation sites is 2. The molecule has 0 fully saturated rings. The number of carbonyl (C=O) groups excluding carboxylic acids is 1. The van der Waals surface area contributed by atoms with E-state index < -0.39 is 0 Å². The maximum Gasteiger partial charge on any atom is 0.167 e. The summed E-state index contributed by atoms with van der Waals surface area (Å²) in [5, 5.41) is 3.17. The van der Waals surface area contributed by atoms with E-state index in [1.807, 2.05) is 41.0 Å². The van der Waals surface area contributed by atoms with Crippen LogP contribution in [0.4, 0.5) is 17.2 Å². The molecular formula is C19H16N6O. The smallest absolute Gasteiger partial charge is 0.167 e. The van der Waals surface area contributed by atoms with Crippen molar-refractivity contribution >= 4 is 34.0 Å². The predicted molar refractivity (Wildman–Crippen MR) is 101 cm³/mol. The Morgan fingerprint density at radius 2 is 1.81 bits per heavy atom. The lowest BCUT2D eigenvalue weighted by Crippen LogP contribution is -2.07. The molecular weight excluding hydrogens is 328 g/mol. The maximum atomic E-state index is 11.4. The van der Waals surface area contributed by atoms with E-state index in [-0.39, 0.29) is 5.78 Å². The molecule has 0 atom stereocenters. The largest absolute Gasteiger partial charge is 0.393 e. The van der Waals surface area contributed by atoms with E-state index in [1.165, 1.54) is 13.3 Å². The van der Waals surface area contributed by atoms with Gasteiger partial charge in [0.05, 0.1) is 11.0 Å². The third kappa shape index (κ3) is 2.75. The van der Waals surface area contributed by atoms with Crippen LogP contribution in [0.15, 0.2) is 61.2 Å². The molecule has 0 aliphatic heterocycles. The molecule has 2 heterocycles. The first-order valence-corrected chi connectivity index (χ1v) is 8.04. The molecule has 4 rings (SSSR count). The number of ketones is 1. The fraction of sp³-hybridized carbons (Fsp3) is 0.0526. The molecule has 0 amide bonds. The van der Waals surface area contributed by atoms with Gasteiger partial charge in [-0.25, -0.2) is 15.0 Å². The van der Waals surface area contributed by atoms with E-state index in [4.69, 9.17) is 5.73 Å². The number of imidazole rings is 1. The second kappa shape index (κ2) is 6.29. The topological polar surface area (TPSA) is 98.7 Å². The Bertz CT molecular complexity index is 1100. The minimum absolute atomic E-state index is 0.0207. The summed E-state index contributed by atoms with van der Waals surface area (Å²) >= 11 is 0. The summed E-state index contributed by atoms with van der Waals surface area (Å²) in [7, 11) is 0. The van der Waals surface area contributed by atoms with Crippen molar-refractivity contribution in [2.75, 3.05) is 11.1 Å². The van der Waals surface area contributed by atoms with E-state index >= 15 is 0 Å². The number of nitrogens with two attached hydrogens (primary N) is 1. The number of aromatic nitrogens is 4. The summed E-state index contributed by atoms with van der Waals surface area (Å²) in [5.41, 5.74) is 9.91. The lowest BCUT2D eigenvalue weighted by atomic mass is 10.1. The van der Waals surface area contributed by atoms with Crippen molar-refractivity contribution in [3.8, 4) is 5.82 Å². The first kappa shape index (κ1) is 15.8. The number of hydrogen-bond donors (Lipinski definition) is 2. The molecule has 3 N–H and O–H groups in total. The highest BCUT2D eigenvalue weighted by atomic mass is 16.1. The zero-order chi connectivity index (χ0) is 18.1. The molecule has 0 radical (unpaired) electrons. The fourth-order valence-corrected chi connectivity index (χ4v) is 2.73. The Kier molecular flexibility index (Phi) is 3.81. The minimum atomic E-state index is 0.0207. The molecule has 0 saturated heterocycles. The lowest BCUT2D eigenvalue weighted by Gasteiger charge is -2.12. The molecule has 26 heavy (non-hydrogen) atoms. The van der Waals surface area contributed by atoms with Crippen LogP contribution in [-0.4, -0.2) is 25.3 Å². The van der Waals surface area contributed by atoms with Gasteiger partial charge in [0, 0.05) is 11.3 Å². The van der Waals surface area contributed by atoms with Gasteiger partial charge in [0.1, 0.15) is 18.3 Å². The number of fused-ring (bicyclic) bond motifs is 1. The molecule has 0 saturated carbocycles. The highest BCUT2D eigenvalue weighted by molar-refractivity contribution is 5.94. The Labute approximate surface area is 149 Å². The Morgan fingerprint density at radius 3 is 2.58 bits per heavy atom. The van der Waals surface area contributed by atoms with Crippen molar-refractivity contribution < 1.29 is 4.79 Å². The van der Waals surface area contributed by atoms with E-state index in [0.717, 1.165) is 16.7 Å². The van der Waals surface area contributed by atoms with E-state index in [2.05, 4.69) is 20.3 Å². The third-order valence-electron chi connectivity index (χ3n) is 4.10. The maximum absolute atomic E-state index is 11.4. The zero-order valence-electron chi connectivity index (χ0n) is 14.0. The number of nitrogen functional groups attached to an aromatic ring is 1. The van der Waals surface area contributed by atoms with Crippen molar-refractivity contribution in [3.63, 3.8) is 0 Å². The number of rotatable bonds is 4. The quantitative estimate of drug-likeness (QED) is 0.551. The molecule has 4 aromatic rings. The second-order valence-electron chi connectivity index (χ2n) is 5.82. The van der Waals surface area contributed by atoms with Crippen LogP contribution in [0.3, 0.4) is 0 Å². The molecule has 0 unspecified atom stereocenters. The zero-order valence-corrected chi connectivity index (χ0v) is 14.0. The average Bonchev–Trinajstić information content (AvgIpc) is 3.08. The number of hydrogen-bond acceptors (Lipinski definition) is 6. The van der Waals surface area contributed by atoms with Crippen molar-refractivity contribution in [2.45, 2.75) is 6.92 Å². The van der Waals surface area contributed by atoms with Crippen LogP contribution in [0.2, 0.25) is 0 Å². The minimum Gasteiger partial charge on any atom is -0.393 e. The highest BCUT2D eigenvalue weighted by Gasteiger charge is 2.13. The van der Waals surface area contributed by atoms with Gasteiger partial charge in [0.25, 0.3) is 0 Å². The molecule has 7 heteroatoms. The van der Waals surface area contributed by atoms with Crippen LogP contribution in [0.25, 0.3) is 16.9 Å². The van der Waals surface area contributed by atoms with Gasteiger partial charge in [-0.05, 0) is 43.3 Å². The van der Waals surface area contributed by atoms with Crippen LogP contribution >= 0.6 is 0 Å². The standard InChI is InChI=1S/C19H16N6O/c1-12(26)13-6-8-14(9-7-13)24-18-17(20)19(22-10-21-18)25-11-23-15-4-2-3-5-16(15)25/h2-11H,20H2,1H3,(H,21,22,24). The number of carbonyl (C=O) groups is 1. The third-order valence-corrected chi connectivity index (χ3v) is 4.10. The van der Waals surface area contributed by atoms with Gasteiger partial charge in [0.15, 0.2) is 17.4 Å². The molecule has 0 aliphatic rings. The summed E-state index contributed by atoms with van der Waals surface area (Å²) in [5.74, 6) is 1.06. The summed E-state index contributed by atoms with van der Waals surface area (Å²) in [6, 6.07) is 14.9. The Morgan fingerprint density at radius 1 is 1.04 bits per heavy atom. The molecule has 128 valence electrons. The van der Waals surface area contributed by atoms with E-state index in [9.17, 15) is 4.79 Å². The first-order chi connectivity index (χ1) is 12.6. The number of nitrogens with one attached hydrogen (secondary N) is 1. The summed E-state index contributed by atoms with van der Waals surface area (Å²) < 4.78 is 1.83. The summed E-state index contributed by atoms with van der Waals surface area (Å²) in [4.78, 5) is 24.3. The number of anilines is 3. The number of benzene rings is 2. The number of Topliss-reactive ketones (excluding diaryl/α,β-unsaturated/α-hetero) is 1. The van der Waals surface area contributed by atoms with Crippen molar-refractivity contribution in [1.82, 2.24) is 19.5 Å². The summed E-state index contributed by atoms with van der Waals surface area (Å²) in [6.07, 6.45) is 3.14. The Balaban J connectivity index is 1.71. The van der Waals surface area contributed by atoms with Crippen LogP contribution in [-0.2, 0) is 0 Å². The van der Waals surface area contributed by atoms with Gasteiger partial charge in [-0.1, -0.05) is 12.1 Å². The monoisotopic (exact) mass is 344 g/mol. The van der Waals surface area contributed by atoms with Crippen molar-refractivity contribution in [3.05, 3.63) is 66.7 Å². The molecule has 0 spiro atoms. The second-order valence-corrected chi connectivity index (χ2v) is 5.82. The molecule has 2 aromatic heterocycles. The lowest BCUT2D eigenvalue weighted by molar-refractivity contribution is 0.101. The van der Waals surface area contributed by atoms with Crippen LogP contribution in [0.1, 0.15) is 17.3 Å². The van der Waals surface area contributed by atoms with E-state index in [1.54, 1.807) is 18.5 Å². The van der Waals surface area contributed by atoms with Crippen LogP contribution in [0, 0.1) is 0 Å². The van der Waals surface area contributed by atoms with Crippen molar-refractivity contribution in [1.29, 1.82) is 0 Å².